The molecule has 2 heteroatoms. The van der Waals surface area contributed by atoms with Crippen molar-refractivity contribution in [3.05, 3.63) is 0 Å². The maximum Gasteiger partial charge on any atom is 0.0658 e. The minimum Gasteiger partial charge on any atom is -0.378 e. The van der Waals surface area contributed by atoms with Gasteiger partial charge in [0.05, 0.1) is 6.10 Å². The third-order valence-corrected chi connectivity index (χ3v) is 5.68. The van der Waals surface area contributed by atoms with Gasteiger partial charge in [-0.15, -0.1) is 0 Å². The second-order valence-corrected chi connectivity index (χ2v) is 6.59. The lowest BCUT2D eigenvalue weighted by atomic mass is 9.61. The Hall–Kier alpha value is -0.0800. The molecule has 0 aromatic carbocycles. The molecule has 2 nitrogen and oxygen atoms in total. The third kappa shape index (κ3) is 2.60. The Morgan fingerprint density at radius 1 is 1.28 bits per heavy atom. The van der Waals surface area contributed by atoms with E-state index in [0.717, 1.165) is 12.5 Å². The first-order chi connectivity index (χ1) is 8.61. The topological polar surface area (TPSA) is 21.3 Å². The van der Waals surface area contributed by atoms with Crippen LogP contribution in [0.25, 0.3) is 0 Å². The summed E-state index contributed by atoms with van der Waals surface area (Å²) in [7, 11) is 0. The van der Waals surface area contributed by atoms with Gasteiger partial charge in [-0.1, -0.05) is 26.7 Å². The molecule has 2 aliphatic carbocycles. The largest absolute Gasteiger partial charge is 0.378 e. The van der Waals surface area contributed by atoms with E-state index in [1.807, 2.05) is 0 Å². The Morgan fingerprint density at radius 3 is 2.50 bits per heavy atom. The van der Waals surface area contributed by atoms with Crippen LogP contribution in [0.1, 0.15) is 66.2 Å². The van der Waals surface area contributed by atoms with Gasteiger partial charge in [-0.2, -0.15) is 0 Å². The molecule has 0 radical (unpaired) electrons. The first kappa shape index (κ1) is 14.3. The quantitative estimate of drug-likeness (QED) is 0.778. The molecule has 3 unspecified atom stereocenters. The average Bonchev–Trinajstić information content (AvgIpc) is 2.90. The molecule has 4 atom stereocenters. The van der Waals surface area contributed by atoms with Gasteiger partial charge >= 0.3 is 0 Å². The summed E-state index contributed by atoms with van der Waals surface area (Å²) in [5, 5.41) is 3.91. The van der Waals surface area contributed by atoms with E-state index in [-0.39, 0.29) is 0 Å². The summed E-state index contributed by atoms with van der Waals surface area (Å²) >= 11 is 0. The minimum atomic E-state index is 0.350. The highest BCUT2D eigenvalue weighted by Crippen LogP contribution is 2.46. The van der Waals surface area contributed by atoms with Gasteiger partial charge in [-0.3, -0.25) is 0 Å². The summed E-state index contributed by atoms with van der Waals surface area (Å²) in [4.78, 5) is 0. The zero-order chi connectivity index (χ0) is 13.2. The van der Waals surface area contributed by atoms with Crippen molar-refractivity contribution in [3.8, 4) is 0 Å². The highest BCUT2D eigenvalue weighted by molar-refractivity contribution is 5.05. The van der Waals surface area contributed by atoms with Crippen LogP contribution in [0.5, 0.6) is 0 Å². The van der Waals surface area contributed by atoms with E-state index < -0.39 is 0 Å². The zero-order valence-corrected chi connectivity index (χ0v) is 12.7. The fraction of sp³-hybridized carbons (Fsp3) is 1.00. The molecule has 2 saturated carbocycles. The van der Waals surface area contributed by atoms with Gasteiger partial charge in [-0.25, -0.2) is 0 Å². The molecule has 0 bridgehead atoms. The summed E-state index contributed by atoms with van der Waals surface area (Å²) in [5.41, 5.74) is 0.350. The summed E-state index contributed by atoms with van der Waals surface area (Å²) in [5.74, 6) is 0.914. The van der Waals surface area contributed by atoms with Crippen molar-refractivity contribution in [2.24, 2.45) is 11.3 Å². The second-order valence-electron chi connectivity index (χ2n) is 6.59. The Balaban J connectivity index is 1.86. The average molecular weight is 253 g/mol. The van der Waals surface area contributed by atoms with Crippen molar-refractivity contribution >= 4 is 0 Å². The van der Waals surface area contributed by atoms with Crippen LogP contribution in [-0.4, -0.2) is 24.8 Å². The molecule has 2 rings (SSSR count). The molecule has 0 heterocycles. The second kappa shape index (κ2) is 5.92. The highest BCUT2D eigenvalue weighted by Gasteiger charge is 2.51. The first-order valence-corrected chi connectivity index (χ1v) is 7.99. The fourth-order valence-corrected chi connectivity index (χ4v) is 3.92. The lowest BCUT2D eigenvalue weighted by molar-refractivity contribution is -0.128. The van der Waals surface area contributed by atoms with E-state index in [1.165, 1.54) is 38.5 Å². The number of hydrogen-bond donors (Lipinski definition) is 1. The van der Waals surface area contributed by atoms with Crippen molar-refractivity contribution < 1.29 is 4.74 Å². The van der Waals surface area contributed by atoms with Gasteiger partial charge in [-0.05, 0) is 45.4 Å². The summed E-state index contributed by atoms with van der Waals surface area (Å²) < 4.78 is 5.88. The molecular weight excluding hydrogens is 222 g/mol. The van der Waals surface area contributed by atoms with Crippen LogP contribution in [0, 0.1) is 11.3 Å². The highest BCUT2D eigenvalue weighted by atomic mass is 16.5. The summed E-state index contributed by atoms with van der Waals surface area (Å²) in [6, 6.07) is 1.35. The molecule has 0 aliphatic heterocycles. The number of hydrogen-bond acceptors (Lipinski definition) is 2. The summed E-state index contributed by atoms with van der Waals surface area (Å²) in [6.07, 6.45) is 8.63. The van der Waals surface area contributed by atoms with E-state index in [4.69, 9.17) is 4.74 Å². The maximum absolute atomic E-state index is 5.88. The van der Waals surface area contributed by atoms with Crippen LogP contribution >= 0.6 is 0 Å². The van der Waals surface area contributed by atoms with Crippen LogP contribution in [0.2, 0.25) is 0 Å². The molecule has 2 fully saturated rings. The standard InChI is InChI=1S/C16H31NO/c1-5-16(4)14(11-15(16)18-6-2)17-12(3)13-9-7-8-10-13/h12-15,17H,5-11H2,1-4H3/t12-,14?,15?,16?/m1/s1. The molecule has 2 aliphatic rings. The number of rotatable bonds is 6. The smallest absolute Gasteiger partial charge is 0.0658 e. The molecular formula is C16H31NO. The molecule has 0 saturated heterocycles. The molecule has 106 valence electrons. The Kier molecular flexibility index (Phi) is 4.71. The van der Waals surface area contributed by atoms with Crippen molar-refractivity contribution in [1.29, 1.82) is 0 Å². The van der Waals surface area contributed by atoms with Crippen molar-refractivity contribution in [2.75, 3.05) is 6.61 Å². The number of ether oxygens (including phenoxy) is 1. The van der Waals surface area contributed by atoms with E-state index >= 15 is 0 Å². The van der Waals surface area contributed by atoms with Crippen molar-refractivity contribution in [1.82, 2.24) is 5.32 Å². The molecule has 0 spiro atoms. The van der Waals surface area contributed by atoms with Gasteiger partial charge in [0.1, 0.15) is 0 Å². The van der Waals surface area contributed by atoms with Gasteiger partial charge in [0.15, 0.2) is 0 Å². The summed E-state index contributed by atoms with van der Waals surface area (Å²) in [6.45, 7) is 10.1. The van der Waals surface area contributed by atoms with E-state index in [0.29, 0.717) is 23.6 Å². The lowest BCUT2D eigenvalue weighted by Crippen LogP contribution is -2.64. The minimum absolute atomic E-state index is 0.350. The maximum atomic E-state index is 5.88. The zero-order valence-electron chi connectivity index (χ0n) is 12.7. The van der Waals surface area contributed by atoms with E-state index in [2.05, 4.69) is 33.0 Å². The normalized spacial score (nSPS) is 38.7. The van der Waals surface area contributed by atoms with Crippen LogP contribution < -0.4 is 5.32 Å². The van der Waals surface area contributed by atoms with Crippen molar-refractivity contribution in [2.45, 2.75) is 84.4 Å². The van der Waals surface area contributed by atoms with Gasteiger partial charge in [0.25, 0.3) is 0 Å². The van der Waals surface area contributed by atoms with Crippen molar-refractivity contribution in [3.63, 3.8) is 0 Å². The monoisotopic (exact) mass is 253 g/mol. The predicted octanol–water partition coefficient (Wildman–Crippen LogP) is 3.75. The van der Waals surface area contributed by atoms with Crippen LogP contribution in [0.15, 0.2) is 0 Å². The lowest BCUT2D eigenvalue weighted by Gasteiger charge is -2.55. The predicted molar refractivity (Wildman–Crippen MR) is 76.8 cm³/mol. The van der Waals surface area contributed by atoms with Crippen LogP contribution in [-0.2, 0) is 4.74 Å². The molecule has 0 amide bonds. The fourth-order valence-electron chi connectivity index (χ4n) is 3.92. The molecule has 1 N–H and O–H groups in total. The van der Waals surface area contributed by atoms with Gasteiger partial charge in [0.2, 0.25) is 0 Å². The van der Waals surface area contributed by atoms with Crippen LogP contribution in [0.3, 0.4) is 0 Å². The van der Waals surface area contributed by atoms with E-state index in [1.54, 1.807) is 0 Å². The third-order valence-electron chi connectivity index (χ3n) is 5.68. The van der Waals surface area contributed by atoms with E-state index in [9.17, 15) is 0 Å². The van der Waals surface area contributed by atoms with Gasteiger partial charge < -0.3 is 10.1 Å². The SMILES string of the molecule is CCOC1CC(N[C@H](C)C2CCCC2)C1(C)CC. The Morgan fingerprint density at radius 2 is 1.94 bits per heavy atom. The molecule has 0 aromatic heterocycles. The van der Waals surface area contributed by atoms with Crippen LogP contribution in [0.4, 0.5) is 0 Å². The number of nitrogens with one attached hydrogen (secondary N) is 1. The molecule has 18 heavy (non-hydrogen) atoms. The molecule has 0 aromatic rings. The first-order valence-electron chi connectivity index (χ1n) is 7.99. The van der Waals surface area contributed by atoms with Gasteiger partial charge in [0, 0.05) is 24.1 Å². The Bertz CT molecular complexity index is 262. The Labute approximate surface area is 113 Å².